The van der Waals surface area contributed by atoms with Crippen molar-refractivity contribution < 1.29 is 14.6 Å². The number of aliphatic hydroxyl groups excluding tert-OH is 1. The molecule has 0 radical (unpaired) electrons. The number of rotatable bonds is 5. The SMILES string of the molecule is O=Cc1cc(Oc2ccc3nc(N[C@@H]4CCCC[C@H]4O)sc3c2)ccn1. The number of aldehydes is 1. The summed E-state index contributed by atoms with van der Waals surface area (Å²) in [6, 6.07) is 9.06. The molecule has 0 saturated heterocycles. The lowest BCUT2D eigenvalue weighted by Crippen LogP contribution is -2.36. The fourth-order valence-corrected chi connectivity index (χ4v) is 4.12. The second-order valence-corrected chi connectivity index (χ2v) is 7.42. The highest BCUT2D eigenvalue weighted by Crippen LogP contribution is 2.32. The summed E-state index contributed by atoms with van der Waals surface area (Å²) in [5, 5.41) is 14.3. The van der Waals surface area contributed by atoms with Crippen LogP contribution in [-0.2, 0) is 0 Å². The number of carbonyl (C=O) groups excluding carboxylic acids is 1. The highest BCUT2D eigenvalue weighted by atomic mass is 32.1. The largest absolute Gasteiger partial charge is 0.457 e. The number of nitrogens with zero attached hydrogens (tertiary/aromatic N) is 2. The molecule has 2 N–H and O–H groups in total. The lowest BCUT2D eigenvalue weighted by atomic mass is 9.93. The molecule has 1 aliphatic carbocycles. The minimum atomic E-state index is -0.312. The molecule has 1 fully saturated rings. The molecule has 1 saturated carbocycles. The molecule has 0 unspecified atom stereocenters. The van der Waals surface area contributed by atoms with Crippen molar-refractivity contribution in [2.45, 2.75) is 37.8 Å². The van der Waals surface area contributed by atoms with Gasteiger partial charge in [0, 0.05) is 18.3 Å². The Morgan fingerprint density at radius 1 is 1.19 bits per heavy atom. The van der Waals surface area contributed by atoms with E-state index < -0.39 is 0 Å². The van der Waals surface area contributed by atoms with Crippen LogP contribution in [0, 0.1) is 0 Å². The van der Waals surface area contributed by atoms with E-state index in [2.05, 4.69) is 15.3 Å². The third kappa shape index (κ3) is 3.68. The lowest BCUT2D eigenvalue weighted by molar-refractivity contribution is 0.111. The molecule has 2 heterocycles. The molecule has 1 aromatic carbocycles. The van der Waals surface area contributed by atoms with Gasteiger partial charge in [-0.2, -0.15) is 0 Å². The Hall–Kier alpha value is -2.51. The average molecular weight is 369 g/mol. The minimum absolute atomic E-state index is 0.0682. The molecule has 3 aromatic rings. The second-order valence-electron chi connectivity index (χ2n) is 6.39. The van der Waals surface area contributed by atoms with Crippen molar-refractivity contribution in [1.29, 1.82) is 0 Å². The summed E-state index contributed by atoms with van der Waals surface area (Å²) >= 11 is 1.54. The number of aliphatic hydroxyl groups is 1. The number of hydrogen-bond acceptors (Lipinski definition) is 7. The van der Waals surface area contributed by atoms with Crippen LogP contribution in [-0.4, -0.2) is 33.5 Å². The van der Waals surface area contributed by atoms with Crippen LogP contribution >= 0.6 is 11.3 Å². The molecule has 0 amide bonds. The number of benzene rings is 1. The summed E-state index contributed by atoms with van der Waals surface area (Å²) in [6.07, 6.45) is 5.95. The van der Waals surface area contributed by atoms with E-state index in [1.165, 1.54) is 0 Å². The van der Waals surface area contributed by atoms with Crippen LogP contribution in [0.4, 0.5) is 5.13 Å². The maximum absolute atomic E-state index is 10.8. The molecule has 2 aromatic heterocycles. The molecule has 0 bridgehead atoms. The highest BCUT2D eigenvalue weighted by Gasteiger charge is 2.23. The maximum atomic E-state index is 10.8. The van der Waals surface area contributed by atoms with Crippen molar-refractivity contribution in [3.05, 3.63) is 42.2 Å². The van der Waals surface area contributed by atoms with Crippen LogP contribution in [0.3, 0.4) is 0 Å². The molecule has 1 aliphatic rings. The van der Waals surface area contributed by atoms with E-state index in [-0.39, 0.29) is 12.1 Å². The van der Waals surface area contributed by atoms with E-state index in [0.717, 1.165) is 41.0 Å². The normalized spacial score (nSPS) is 20.0. The molecular weight excluding hydrogens is 350 g/mol. The van der Waals surface area contributed by atoms with Gasteiger partial charge in [0.1, 0.15) is 17.2 Å². The van der Waals surface area contributed by atoms with E-state index >= 15 is 0 Å². The lowest BCUT2D eigenvalue weighted by Gasteiger charge is -2.27. The van der Waals surface area contributed by atoms with Gasteiger partial charge in [-0.25, -0.2) is 4.98 Å². The molecule has 6 nitrogen and oxygen atoms in total. The number of ether oxygens (including phenoxy) is 1. The fraction of sp³-hybridized carbons (Fsp3) is 0.316. The summed E-state index contributed by atoms with van der Waals surface area (Å²) in [4.78, 5) is 19.4. The van der Waals surface area contributed by atoms with Gasteiger partial charge in [0.15, 0.2) is 11.4 Å². The summed E-state index contributed by atoms with van der Waals surface area (Å²) in [5.41, 5.74) is 1.22. The third-order valence-electron chi connectivity index (χ3n) is 4.51. The molecule has 26 heavy (non-hydrogen) atoms. The van der Waals surface area contributed by atoms with Gasteiger partial charge in [-0.3, -0.25) is 9.78 Å². The third-order valence-corrected chi connectivity index (χ3v) is 5.46. The maximum Gasteiger partial charge on any atom is 0.184 e. The predicted molar refractivity (Wildman–Crippen MR) is 101 cm³/mol. The van der Waals surface area contributed by atoms with E-state index in [1.54, 1.807) is 29.7 Å². The molecule has 0 spiro atoms. The first kappa shape index (κ1) is 16.9. The Morgan fingerprint density at radius 2 is 2.04 bits per heavy atom. The molecule has 4 rings (SSSR count). The number of nitrogens with one attached hydrogen (secondary N) is 1. The van der Waals surface area contributed by atoms with Crippen molar-refractivity contribution in [3.8, 4) is 11.5 Å². The number of anilines is 1. The molecule has 0 aliphatic heterocycles. The number of pyridine rings is 1. The Balaban J connectivity index is 1.52. The molecular formula is C19H19N3O3S. The van der Waals surface area contributed by atoms with Crippen LogP contribution in [0.15, 0.2) is 36.5 Å². The van der Waals surface area contributed by atoms with Gasteiger partial charge < -0.3 is 15.2 Å². The van der Waals surface area contributed by atoms with Gasteiger partial charge in [-0.15, -0.1) is 0 Å². The van der Waals surface area contributed by atoms with E-state index in [9.17, 15) is 9.90 Å². The average Bonchev–Trinajstić information content (AvgIpc) is 3.05. The molecule has 2 atom stereocenters. The first-order chi connectivity index (χ1) is 12.7. The molecule has 7 heteroatoms. The fourth-order valence-electron chi connectivity index (χ4n) is 3.16. The Bertz CT molecular complexity index is 927. The van der Waals surface area contributed by atoms with Crippen LogP contribution in [0.5, 0.6) is 11.5 Å². The quantitative estimate of drug-likeness (QED) is 0.661. The second kappa shape index (κ2) is 7.39. The highest BCUT2D eigenvalue weighted by molar-refractivity contribution is 7.22. The number of carbonyl (C=O) groups is 1. The monoisotopic (exact) mass is 369 g/mol. The van der Waals surface area contributed by atoms with Crippen LogP contribution < -0.4 is 10.1 Å². The summed E-state index contributed by atoms with van der Waals surface area (Å²) in [5.74, 6) is 1.24. The predicted octanol–water partition coefficient (Wildman–Crippen LogP) is 4.01. The van der Waals surface area contributed by atoms with E-state index in [0.29, 0.717) is 23.5 Å². The van der Waals surface area contributed by atoms with Gasteiger partial charge >= 0.3 is 0 Å². The van der Waals surface area contributed by atoms with Gasteiger partial charge in [-0.1, -0.05) is 24.2 Å². The van der Waals surface area contributed by atoms with Gasteiger partial charge in [0.05, 0.1) is 22.4 Å². The Labute approximate surface area is 154 Å². The minimum Gasteiger partial charge on any atom is -0.457 e. The van der Waals surface area contributed by atoms with Crippen molar-refractivity contribution >= 4 is 33.0 Å². The number of hydrogen-bond donors (Lipinski definition) is 2. The van der Waals surface area contributed by atoms with Crippen molar-refractivity contribution in [1.82, 2.24) is 9.97 Å². The zero-order valence-electron chi connectivity index (χ0n) is 14.1. The van der Waals surface area contributed by atoms with Crippen molar-refractivity contribution in [3.63, 3.8) is 0 Å². The topological polar surface area (TPSA) is 84.3 Å². The van der Waals surface area contributed by atoms with Gasteiger partial charge in [-0.05, 0) is 31.0 Å². The van der Waals surface area contributed by atoms with Crippen LogP contribution in [0.25, 0.3) is 10.2 Å². The summed E-state index contributed by atoms with van der Waals surface area (Å²) in [6.45, 7) is 0. The standard InChI is InChI=1S/C19H19N3O3S/c23-11-12-9-14(7-8-20-12)25-13-5-6-16-18(10-13)26-19(22-16)21-15-3-1-2-4-17(15)24/h5-11,15,17,24H,1-4H2,(H,21,22)/t15-,17-/m1/s1. The zero-order chi connectivity index (χ0) is 17.9. The van der Waals surface area contributed by atoms with Crippen molar-refractivity contribution in [2.75, 3.05) is 5.32 Å². The van der Waals surface area contributed by atoms with Crippen LogP contribution in [0.2, 0.25) is 0 Å². The number of fused-ring (bicyclic) bond motifs is 1. The van der Waals surface area contributed by atoms with E-state index in [1.807, 2.05) is 18.2 Å². The molecule has 134 valence electrons. The van der Waals surface area contributed by atoms with Gasteiger partial charge in [0.2, 0.25) is 0 Å². The zero-order valence-corrected chi connectivity index (χ0v) is 14.9. The summed E-state index contributed by atoms with van der Waals surface area (Å²) < 4.78 is 6.82. The Kier molecular flexibility index (Phi) is 4.81. The van der Waals surface area contributed by atoms with E-state index in [4.69, 9.17) is 4.74 Å². The number of aromatic nitrogens is 2. The van der Waals surface area contributed by atoms with Gasteiger partial charge in [0.25, 0.3) is 0 Å². The van der Waals surface area contributed by atoms with Crippen LogP contribution in [0.1, 0.15) is 36.2 Å². The van der Waals surface area contributed by atoms with Crippen molar-refractivity contribution in [2.24, 2.45) is 0 Å². The first-order valence-corrected chi connectivity index (χ1v) is 9.47. The number of thiazole rings is 1. The summed E-state index contributed by atoms with van der Waals surface area (Å²) in [7, 11) is 0. The first-order valence-electron chi connectivity index (χ1n) is 8.65. The smallest absolute Gasteiger partial charge is 0.184 e. The Morgan fingerprint density at radius 3 is 2.88 bits per heavy atom.